The molecule has 0 bridgehead atoms. The fourth-order valence-electron chi connectivity index (χ4n) is 3.17. The van der Waals surface area contributed by atoms with Crippen LogP contribution in [0.2, 0.25) is 0 Å². The maximum atomic E-state index is 12.6. The van der Waals surface area contributed by atoms with Crippen LogP contribution in [-0.4, -0.2) is 41.6 Å². The van der Waals surface area contributed by atoms with Crippen LogP contribution in [-0.2, 0) is 14.4 Å². The number of hydrogen-bond donors (Lipinski definition) is 2. The van der Waals surface area contributed by atoms with Crippen molar-refractivity contribution < 1.29 is 24.2 Å². The summed E-state index contributed by atoms with van der Waals surface area (Å²) in [4.78, 5) is 38.1. The van der Waals surface area contributed by atoms with Crippen LogP contribution < -0.4 is 15.0 Å². The van der Waals surface area contributed by atoms with E-state index in [-0.39, 0.29) is 18.9 Å². The Labute approximate surface area is 153 Å². The number of amides is 2. The summed E-state index contributed by atoms with van der Waals surface area (Å²) < 4.78 is 5.57. The molecule has 1 aromatic carbocycles. The van der Waals surface area contributed by atoms with Gasteiger partial charge in [-0.15, -0.1) is 0 Å². The summed E-state index contributed by atoms with van der Waals surface area (Å²) in [6.45, 7) is 5.89. The van der Waals surface area contributed by atoms with Crippen LogP contribution in [0.4, 0.5) is 5.69 Å². The summed E-state index contributed by atoms with van der Waals surface area (Å²) in [6.07, 6.45) is 1.00. The first-order chi connectivity index (χ1) is 12.3. The second-order valence-electron chi connectivity index (χ2n) is 6.68. The topological polar surface area (TPSA) is 95.9 Å². The highest BCUT2D eigenvalue weighted by atomic mass is 16.5. The Bertz CT molecular complexity index is 690. The third-order valence-corrected chi connectivity index (χ3v) is 4.57. The normalized spacial score (nSPS) is 19.1. The molecule has 2 N–H and O–H groups in total. The molecule has 7 nitrogen and oxygen atoms in total. The van der Waals surface area contributed by atoms with Gasteiger partial charge >= 0.3 is 5.97 Å². The van der Waals surface area contributed by atoms with Gasteiger partial charge in [0.2, 0.25) is 11.8 Å². The molecular weight excluding hydrogens is 336 g/mol. The number of ether oxygens (including phenoxy) is 1. The van der Waals surface area contributed by atoms with E-state index in [0.29, 0.717) is 30.9 Å². The molecule has 0 aliphatic carbocycles. The number of para-hydroxylation sites is 2. The number of carboxylic acid groups (broad SMARTS) is 1. The SMILES string of the molecule is CCCC(C)(NC(=O)C1CC(=O)N(c2ccccc2OCC)C1)C(=O)O. The van der Waals surface area contributed by atoms with E-state index in [4.69, 9.17) is 4.74 Å². The van der Waals surface area contributed by atoms with Crippen molar-refractivity contribution in [3.05, 3.63) is 24.3 Å². The van der Waals surface area contributed by atoms with Crippen LogP contribution in [0.1, 0.15) is 40.0 Å². The Morgan fingerprint density at radius 2 is 2.04 bits per heavy atom. The van der Waals surface area contributed by atoms with Crippen molar-refractivity contribution in [2.45, 2.75) is 45.6 Å². The highest BCUT2D eigenvalue weighted by Gasteiger charge is 2.40. The first-order valence-corrected chi connectivity index (χ1v) is 8.90. The lowest BCUT2D eigenvalue weighted by atomic mass is 9.95. The Balaban J connectivity index is 2.14. The molecule has 1 aliphatic heterocycles. The monoisotopic (exact) mass is 362 g/mol. The van der Waals surface area contributed by atoms with E-state index in [2.05, 4.69) is 5.32 Å². The maximum Gasteiger partial charge on any atom is 0.329 e. The Morgan fingerprint density at radius 1 is 1.35 bits per heavy atom. The van der Waals surface area contributed by atoms with Gasteiger partial charge in [-0.05, 0) is 32.4 Å². The largest absolute Gasteiger partial charge is 0.492 e. The molecular formula is C19H26N2O5. The number of carboxylic acids is 1. The van der Waals surface area contributed by atoms with Crippen LogP contribution >= 0.6 is 0 Å². The van der Waals surface area contributed by atoms with Crippen LogP contribution in [0.5, 0.6) is 5.75 Å². The zero-order valence-electron chi connectivity index (χ0n) is 15.4. The van der Waals surface area contributed by atoms with Crippen LogP contribution in [0.25, 0.3) is 0 Å². The van der Waals surface area contributed by atoms with Crippen molar-refractivity contribution in [3.8, 4) is 5.75 Å². The van der Waals surface area contributed by atoms with E-state index in [0.717, 1.165) is 0 Å². The molecule has 7 heteroatoms. The van der Waals surface area contributed by atoms with Gasteiger partial charge in [-0.3, -0.25) is 9.59 Å². The van der Waals surface area contributed by atoms with Gasteiger partial charge < -0.3 is 20.1 Å². The van der Waals surface area contributed by atoms with Crippen molar-refractivity contribution in [1.29, 1.82) is 0 Å². The Kier molecular flexibility index (Phi) is 6.23. The van der Waals surface area contributed by atoms with Crippen LogP contribution in [0.3, 0.4) is 0 Å². The average molecular weight is 362 g/mol. The van der Waals surface area contributed by atoms with Gasteiger partial charge in [0.25, 0.3) is 0 Å². The van der Waals surface area contributed by atoms with Gasteiger partial charge in [0.1, 0.15) is 11.3 Å². The van der Waals surface area contributed by atoms with E-state index in [9.17, 15) is 19.5 Å². The third kappa shape index (κ3) is 4.15. The zero-order chi connectivity index (χ0) is 19.3. The fraction of sp³-hybridized carbons (Fsp3) is 0.526. The second kappa shape index (κ2) is 8.21. The Morgan fingerprint density at radius 3 is 2.65 bits per heavy atom. The molecule has 2 amide bonds. The van der Waals surface area contributed by atoms with Crippen molar-refractivity contribution in [2.24, 2.45) is 5.92 Å². The number of carbonyl (C=O) groups is 3. The fourth-order valence-corrected chi connectivity index (χ4v) is 3.17. The van der Waals surface area contributed by atoms with Gasteiger partial charge in [-0.2, -0.15) is 0 Å². The first-order valence-electron chi connectivity index (χ1n) is 8.90. The number of anilines is 1. The molecule has 142 valence electrons. The molecule has 1 aliphatic rings. The van der Waals surface area contributed by atoms with E-state index >= 15 is 0 Å². The second-order valence-corrected chi connectivity index (χ2v) is 6.68. The van der Waals surface area contributed by atoms with E-state index in [1.165, 1.54) is 11.8 Å². The number of hydrogen-bond acceptors (Lipinski definition) is 4. The van der Waals surface area contributed by atoms with E-state index in [1.54, 1.807) is 18.2 Å². The molecule has 0 saturated carbocycles. The zero-order valence-corrected chi connectivity index (χ0v) is 15.4. The predicted molar refractivity (Wildman–Crippen MR) is 97.2 cm³/mol. The molecule has 1 saturated heterocycles. The van der Waals surface area contributed by atoms with Crippen LogP contribution in [0, 0.1) is 5.92 Å². The van der Waals surface area contributed by atoms with Crippen molar-refractivity contribution >= 4 is 23.5 Å². The number of nitrogens with zero attached hydrogens (tertiary/aromatic N) is 1. The quantitative estimate of drug-likeness (QED) is 0.739. The smallest absolute Gasteiger partial charge is 0.329 e. The molecule has 1 aromatic rings. The van der Waals surface area contributed by atoms with E-state index < -0.39 is 23.3 Å². The molecule has 0 spiro atoms. The number of benzene rings is 1. The number of carbonyl (C=O) groups excluding carboxylic acids is 2. The lowest BCUT2D eigenvalue weighted by Crippen LogP contribution is -2.54. The van der Waals surface area contributed by atoms with Gasteiger partial charge in [0.15, 0.2) is 0 Å². The molecule has 1 fully saturated rings. The number of nitrogens with one attached hydrogen (secondary N) is 1. The van der Waals surface area contributed by atoms with Gasteiger partial charge in [-0.1, -0.05) is 25.5 Å². The minimum Gasteiger partial charge on any atom is -0.492 e. The minimum absolute atomic E-state index is 0.0497. The van der Waals surface area contributed by atoms with E-state index in [1.807, 2.05) is 19.9 Å². The van der Waals surface area contributed by atoms with Crippen molar-refractivity contribution in [1.82, 2.24) is 5.32 Å². The summed E-state index contributed by atoms with van der Waals surface area (Å²) in [5.74, 6) is -1.66. The van der Waals surface area contributed by atoms with Gasteiger partial charge in [0.05, 0.1) is 18.2 Å². The average Bonchev–Trinajstić information content (AvgIpc) is 2.97. The summed E-state index contributed by atoms with van der Waals surface area (Å²) in [7, 11) is 0. The molecule has 2 atom stereocenters. The highest BCUT2D eigenvalue weighted by molar-refractivity contribution is 6.02. The summed E-state index contributed by atoms with van der Waals surface area (Å²) >= 11 is 0. The van der Waals surface area contributed by atoms with Crippen molar-refractivity contribution in [3.63, 3.8) is 0 Å². The predicted octanol–water partition coefficient (Wildman–Crippen LogP) is 2.20. The van der Waals surface area contributed by atoms with Crippen molar-refractivity contribution in [2.75, 3.05) is 18.1 Å². The first kappa shape index (κ1) is 19.8. The van der Waals surface area contributed by atoms with Crippen LogP contribution in [0.15, 0.2) is 24.3 Å². The summed E-state index contributed by atoms with van der Waals surface area (Å²) in [6, 6.07) is 7.19. The lowest BCUT2D eigenvalue weighted by molar-refractivity contribution is -0.147. The Hall–Kier alpha value is -2.57. The van der Waals surface area contributed by atoms with Gasteiger partial charge in [0, 0.05) is 13.0 Å². The highest BCUT2D eigenvalue weighted by Crippen LogP contribution is 2.33. The molecule has 26 heavy (non-hydrogen) atoms. The number of rotatable bonds is 8. The molecule has 2 unspecified atom stereocenters. The molecule has 2 rings (SSSR count). The summed E-state index contributed by atoms with van der Waals surface area (Å²) in [5, 5.41) is 12.0. The lowest BCUT2D eigenvalue weighted by Gasteiger charge is -2.27. The molecule has 1 heterocycles. The summed E-state index contributed by atoms with van der Waals surface area (Å²) in [5.41, 5.74) is -0.699. The third-order valence-electron chi connectivity index (χ3n) is 4.57. The van der Waals surface area contributed by atoms with Gasteiger partial charge in [-0.25, -0.2) is 4.79 Å². The maximum absolute atomic E-state index is 12.6. The minimum atomic E-state index is -1.33. The standard InChI is InChI=1S/C19H26N2O5/c1-4-10-19(3,18(24)25)20-17(23)13-11-16(22)21(12-13)14-8-6-7-9-15(14)26-5-2/h6-9,13H,4-5,10-12H2,1-3H3,(H,20,23)(H,24,25). The molecule has 0 radical (unpaired) electrons. The number of aliphatic carboxylic acids is 1. The molecule has 0 aromatic heterocycles.